The lowest BCUT2D eigenvalue weighted by Gasteiger charge is -2.71. The smallest absolute Gasteiger partial charge is 0.309 e. The first-order valence-electron chi connectivity index (χ1n) is 20.1. The highest BCUT2D eigenvalue weighted by molar-refractivity contribution is 6.30. The maximum absolute atomic E-state index is 13.1. The molecule has 6 nitrogen and oxygen atoms in total. The van der Waals surface area contributed by atoms with Gasteiger partial charge in [0.15, 0.2) is 0 Å². The van der Waals surface area contributed by atoms with Crippen LogP contribution in [0.4, 0.5) is 0 Å². The molecule has 282 valence electrons. The van der Waals surface area contributed by atoms with Crippen molar-refractivity contribution in [1.29, 1.82) is 0 Å². The molecule has 6 aliphatic rings. The summed E-state index contributed by atoms with van der Waals surface area (Å²) >= 11 is 6.12. The van der Waals surface area contributed by atoms with E-state index in [0.29, 0.717) is 24.3 Å². The number of hydrogen-bond acceptors (Lipinski definition) is 5. The maximum Gasteiger partial charge on any atom is 0.309 e. The Morgan fingerprint density at radius 3 is 2.27 bits per heavy atom. The number of carbonyl (C=O) groups excluding carboxylic acids is 1. The van der Waals surface area contributed by atoms with Gasteiger partial charge in [-0.1, -0.05) is 76.4 Å². The van der Waals surface area contributed by atoms with Crippen LogP contribution in [-0.4, -0.2) is 40.9 Å². The zero-order chi connectivity index (χ0) is 37.0. The average molecular weight is 722 g/mol. The molecule has 51 heavy (non-hydrogen) atoms. The molecule has 0 radical (unpaired) electrons. The fraction of sp³-hybridized carbons (Fsp3) is 0.773. The fourth-order valence-electron chi connectivity index (χ4n) is 14.0. The van der Waals surface area contributed by atoms with Crippen molar-refractivity contribution in [1.82, 2.24) is 5.32 Å². The number of fused-ring (bicyclic) bond motifs is 6. The van der Waals surface area contributed by atoms with Crippen LogP contribution in [0.2, 0.25) is 5.02 Å². The summed E-state index contributed by atoms with van der Waals surface area (Å²) in [6.45, 7) is 19.6. The van der Waals surface area contributed by atoms with Crippen LogP contribution in [-0.2, 0) is 20.9 Å². The van der Waals surface area contributed by atoms with Gasteiger partial charge in [-0.15, -0.1) is 0 Å². The summed E-state index contributed by atoms with van der Waals surface area (Å²) in [6.07, 6.45) is 11.6. The summed E-state index contributed by atoms with van der Waals surface area (Å²) < 4.78 is 6.22. The molecule has 5 saturated carbocycles. The SMILES string of the molecule is CC(C)C1=C2[C@H]3CC[C@@H]4[C@@]5(C)CC[C@H](OC(=O)CC(C)(C)C(=O)O)C6(C)C[C@]65CC[C@@]4(C)[C@]3(C)CC[C@@]2([C@H](O)CNCc2ccc(Cl)cc2)CC1. The Labute approximate surface area is 311 Å². The fourth-order valence-corrected chi connectivity index (χ4v) is 14.1. The van der Waals surface area contributed by atoms with Crippen molar-refractivity contribution >= 4 is 23.5 Å². The molecule has 7 heteroatoms. The summed E-state index contributed by atoms with van der Waals surface area (Å²) in [5.41, 5.74) is 3.83. The molecule has 7 rings (SSSR count). The van der Waals surface area contributed by atoms with E-state index in [1.54, 1.807) is 25.0 Å². The highest BCUT2D eigenvalue weighted by atomic mass is 35.5. The topological polar surface area (TPSA) is 95.9 Å². The van der Waals surface area contributed by atoms with E-state index in [0.717, 1.165) is 56.5 Å². The Hall–Kier alpha value is -1.89. The molecule has 0 amide bonds. The van der Waals surface area contributed by atoms with Gasteiger partial charge < -0.3 is 20.3 Å². The molecule has 1 aromatic rings. The molecule has 3 N–H and O–H groups in total. The summed E-state index contributed by atoms with van der Waals surface area (Å²) in [4.78, 5) is 24.8. The first-order valence-corrected chi connectivity index (χ1v) is 20.5. The first kappa shape index (κ1) is 37.4. The molecule has 0 aliphatic heterocycles. The number of ether oxygens (including phenoxy) is 1. The molecule has 5 fully saturated rings. The molecular formula is C44H64ClNO5. The van der Waals surface area contributed by atoms with E-state index in [-0.39, 0.29) is 51.0 Å². The number of carboxylic acids is 1. The summed E-state index contributed by atoms with van der Waals surface area (Å²) in [6, 6.07) is 7.99. The summed E-state index contributed by atoms with van der Waals surface area (Å²) in [5, 5.41) is 26.2. The third-order valence-electron chi connectivity index (χ3n) is 17.3. The highest BCUT2D eigenvalue weighted by Crippen LogP contribution is 2.87. The van der Waals surface area contributed by atoms with Crippen LogP contribution in [0, 0.1) is 55.7 Å². The van der Waals surface area contributed by atoms with Gasteiger partial charge in [-0.2, -0.15) is 0 Å². The number of rotatable bonds is 10. The van der Waals surface area contributed by atoms with E-state index in [9.17, 15) is 19.8 Å². The molecule has 6 aliphatic carbocycles. The molecule has 0 aromatic heterocycles. The summed E-state index contributed by atoms with van der Waals surface area (Å²) in [5.74, 6) is 0.257. The number of aliphatic carboxylic acids is 1. The van der Waals surface area contributed by atoms with Gasteiger partial charge in [-0.3, -0.25) is 9.59 Å². The van der Waals surface area contributed by atoms with Gasteiger partial charge in [-0.25, -0.2) is 0 Å². The van der Waals surface area contributed by atoms with Crippen molar-refractivity contribution in [3.63, 3.8) is 0 Å². The van der Waals surface area contributed by atoms with Gasteiger partial charge in [0.05, 0.1) is 17.9 Å². The van der Waals surface area contributed by atoms with Crippen molar-refractivity contribution in [3.8, 4) is 0 Å². The number of carboxylic acid groups (broad SMARTS) is 1. The Bertz CT molecular complexity index is 1600. The minimum Gasteiger partial charge on any atom is -0.481 e. The van der Waals surface area contributed by atoms with Crippen molar-refractivity contribution in [2.24, 2.45) is 55.7 Å². The zero-order valence-corrected chi connectivity index (χ0v) is 33.3. The lowest BCUT2D eigenvalue weighted by molar-refractivity contribution is -0.220. The first-order chi connectivity index (χ1) is 23.8. The number of carbonyl (C=O) groups is 2. The Balaban J connectivity index is 1.12. The largest absolute Gasteiger partial charge is 0.481 e. The number of halogens is 1. The lowest BCUT2D eigenvalue weighted by Crippen LogP contribution is -2.65. The normalized spacial score (nSPS) is 41.9. The van der Waals surface area contributed by atoms with Gasteiger partial charge in [0.2, 0.25) is 0 Å². The number of esters is 1. The molecule has 1 unspecified atom stereocenters. The number of nitrogens with one attached hydrogen (secondary N) is 1. The van der Waals surface area contributed by atoms with Crippen LogP contribution >= 0.6 is 11.6 Å². The number of aliphatic hydroxyl groups excluding tert-OH is 1. The maximum atomic E-state index is 13.1. The third-order valence-corrected chi connectivity index (χ3v) is 17.6. The van der Waals surface area contributed by atoms with E-state index < -0.39 is 17.5 Å². The van der Waals surface area contributed by atoms with Crippen LogP contribution in [0.3, 0.4) is 0 Å². The van der Waals surface area contributed by atoms with Crippen molar-refractivity contribution in [2.75, 3.05) is 6.54 Å². The van der Waals surface area contributed by atoms with Gasteiger partial charge >= 0.3 is 11.9 Å². The zero-order valence-electron chi connectivity index (χ0n) is 32.6. The molecular weight excluding hydrogens is 658 g/mol. The summed E-state index contributed by atoms with van der Waals surface area (Å²) in [7, 11) is 0. The van der Waals surface area contributed by atoms with E-state index >= 15 is 0 Å². The molecule has 1 aromatic carbocycles. The van der Waals surface area contributed by atoms with Crippen molar-refractivity contribution < 1.29 is 24.5 Å². The predicted molar refractivity (Wildman–Crippen MR) is 202 cm³/mol. The second-order valence-electron chi connectivity index (χ2n) is 20.0. The molecule has 10 atom stereocenters. The van der Waals surface area contributed by atoms with E-state index in [2.05, 4.69) is 59.0 Å². The molecule has 0 bridgehead atoms. The average Bonchev–Trinajstić information content (AvgIpc) is 3.51. The molecule has 0 heterocycles. The third kappa shape index (κ3) is 5.29. The van der Waals surface area contributed by atoms with Gasteiger partial charge in [0.1, 0.15) is 6.10 Å². The Morgan fingerprint density at radius 1 is 0.922 bits per heavy atom. The van der Waals surface area contributed by atoms with E-state index in [1.165, 1.54) is 31.2 Å². The Morgan fingerprint density at radius 2 is 1.61 bits per heavy atom. The van der Waals surface area contributed by atoms with Crippen molar-refractivity contribution in [2.45, 2.75) is 151 Å². The minimum atomic E-state index is -1.13. The predicted octanol–water partition coefficient (Wildman–Crippen LogP) is 9.76. The van der Waals surface area contributed by atoms with Gasteiger partial charge in [-0.05, 0) is 142 Å². The van der Waals surface area contributed by atoms with Crippen LogP contribution in [0.15, 0.2) is 35.4 Å². The standard InChI is InChI=1S/C44H64ClNO5/c1-27(2)30-15-18-43(33(47)25-46-24-28-9-11-29(45)12-10-28)21-19-39(5)31(36(30)43)13-14-32-40(39,6)20-22-44-26-42(44,8)34(16-17-41(32,44)7)51-35(48)23-38(3,4)37(49)50/h9-12,27,31-34,46-47H,13-26H2,1-8H3,(H,49,50)/t31-,32+,33-,34+,39-,40-,41-,42?,43-,44+/m1/s1. The highest BCUT2D eigenvalue weighted by Gasteiger charge is 2.82. The van der Waals surface area contributed by atoms with E-state index in [4.69, 9.17) is 16.3 Å². The number of hydrogen-bond donors (Lipinski definition) is 3. The van der Waals surface area contributed by atoms with Gasteiger partial charge in [0.25, 0.3) is 0 Å². The second kappa shape index (κ2) is 12.3. The number of benzene rings is 1. The van der Waals surface area contributed by atoms with Gasteiger partial charge in [0, 0.05) is 28.9 Å². The Kier molecular flexibility index (Phi) is 9.04. The number of aliphatic hydroxyl groups is 1. The van der Waals surface area contributed by atoms with Crippen molar-refractivity contribution in [3.05, 3.63) is 46.0 Å². The van der Waals surface area contributed by atoms with Crippen LogP contribution < -0.4 is 5.32 Å². The van der Waals surface area contributed by atoms with Crippen LogP contribution in [0.25, 0.3) is 0 Å². The monoisotopic (exact) mass is 721 g/mol. The van der Waals surface area contributed by atoms with Crippen LogP contribution in [0.5, 0.6) is 0 Å². The minimum absolute atomic E-state index is 0.0499. The second-order valence-corrected chi connectivity index (χ2v) is 20.5. The quantitative estimate of drug-likeness (QED) is 0.165. The van der Waals surface area contributed by atoms with Crippen LogP contribution in [0.1, 0.15) is 138 Å². The molecule has 1 spiro atoms. The number of allylic oxidation sites excluding steroid dienone is 1. The molecule has 0 saturated heterocycles. The lowest BCUT2D eigenvalue weighted by atomic mass is 9.33. The van der Waals surface area contributed by atoms with E-state index in [1.807, 2.05) is 12.1 Å².